The van der Waals surface area contributed by atoms with Gasteiger partial charge in [-0.05, 0) is 48.5 Å². The van der Waals surface area contributed by atoms with Crippen molar-refractivity contribution in [3.05, 3.63) is 71.9 Å². The van der Waals surface area contributed by atoms with Gasteiger partial charge in [0.15, 0.2) is 5.82 Å². The molecule has 142 valence electrons. The summed E-state index contributed by atoms with van der Waals surface area (Å²) in [6, 6.07) is 19.2. The molecule has 0 aliphatic rings. The number of hydrogen-bond donors (Lipinski definition) is 2. The molecule has 0 saturated heterocycles. The fourth-order valence-electron chi connectivity index (χ4n) is 3.24. The largest absolute Gasteiger partial charge is 0.497 e. The molecule has 7 heteroatoms. The van der Waals surface area contributed by atoms with Crippen LogP contribution in [-0.2, 0) is 0 Å². The number of nitrogens with zero attached hydrogens (tertiary/aromatic N) is 3. The normalized spacial score (nSPS) is 11.1. The van der Waals surface area contributed by atoms with Crippen LogP contribution in [0.5, 0.6) is 5.75 Å². The van der Waals surface area contributed by atoms with Crippen molar-refractivity contribution in [1.29, 1.82) is 0 Å². The summed E-state index contributed by atoms with van der Waals surface area (Å²) in [5.74, 6) is 2.03. The second-order valence-electron chi connectivity index (χ2n) is 6.59. The van der Waals surface area contributed by atoms with Crippen molar-refractivity contribution in [2.75, 3.05) is 12.4 Å². The Hall–Kier alpha value is -3.64. The minimum atomic E-state index is 0.602. The number of aromatic amines is 1. The Morgan fingerprint density at radius 1 is 1.00 bits per heavy atom. The summed E-state index contributed by atoms with van der Waals surface area (Å²) in [6.45, 7) is 0. The Morgan fingerprint density at radius 2 is 1.93 bits per heavy atom. The van der Waals surface area contributed by atoms with Gasteiger partial charge in [0.2, 0.25) is 0 Å². The third kappa shape index (κ3) is 3.34. The number of nitrogens with one attached hydrogen (secondary N) is 2. The predicted molar refractivity (Wildman–Crippen MR) is 116 cm³/mol. The summed E-state index contributed by atoms with van der Waals surface area (Å²) in [6.07, 6.45) is 1.79. The summed E-state index contributed by atoms with van der Waals surface area (Å²) in [5, 5.41) is 12.9. The van der Waals surface area contributed by atoms with Crippen LogP contribution in [0.3, 0.4) is 0 Å². The number of aromatic nitrogens is 4. The molecule has 0 amide bonds. The molecular weight excluding hydrogens is 386 g/mol. The number of rotatable bonds is 4. The average molecular weight is 402 g/mol. The summed E-state index contributed by atoms with van der Waals surface area (Å²) in [5.41, 5.74) is 3.54. The first-order valence-corrected chi connectivity index (χ1v) is 9.39. The monoisotopic (exact) mass is 401 g/mol. The quantitative estimate of drug-likeness (QED) is 0.411. The van der Waals surface area contributed by atoms with E-state index in [2.05, 4.69) is 15.5 Å². The van der Waals surface area contributed by atoms with Gasteiger partial charge in [-0.2, -0.15) is 5.10 Å². The van der Waals surface area contributed by atoms with Gasteiger partial charge >= 0.3 is 0 Å². The number of anilines is 2. The minimum absolute atomic E-state index is 0.602. The second-order valence-corrected chi connectivity index (χ2v) is 7.02. The highest BCUT2D eigenvalue weighted by Gasteiger charge is 2.12. The molecule has 0 aliphatic heterocycles. The van der Waals surface area contributed by atoms with Crippen molar-refractivity contribution in [3.63, 3.8) is 0 Å². The van der Waals surface area contributed by atoms with Crippen LogP contribution in [0.2, 0.25) is 5.02 Å². The molecule has 0 radical (unpaired) electrons. The van der Waals surface area contributed by atoms with E-state index in [1.807, 2.05) is 60.7 Å². The second kappa shape index (κ2) is 7.07. The van der Waals surface area contributed by atoms with Gasteiger partial charge in [0, 0.05) is 27.0 Å². The van der Waals surface area contributed by atoms with Gasteiger partial charge in [-0.3, -0.25) is 5.10 Å². The zero-order valence-corrected chi connectivity index (χ0v) is 16.2. The highest BCUT2D eigenvalue weighted by molar-refractivity contribution is 6.31. The lowest BCUT2D eigenvalue weighted by Gasteiger charge is -2.12. The number of ether oxygens (including phenoxy) is 1. The maximum atomic E-state index is 6.24. The maximum Gasteiger partial charge on any atom is 0.162 e. The van der Waals surface area contributed by atoms with Crippen LogP contribution in [0, 0.1) is 0 Å². The lowest BCUT2D eigenvalue weighted by molar-refractivity contribution is 0.415. The van der Waals surface area contributed by atoms with Crippen LogP contribution in [0.4, 0.5) is 11.5 Å². The molecule has 2 N–H and O–H groups in total. The molecule has 5 aromatic rings. The molecule has 2 heterocycles. The van der Waals surface area contributed by atoms with Crippen LogP contribution in [0.1, 0.15) is 0 Å². The van der Waals surface area contributed by atoms with Crippen molar-refractivity contribution < 1.29 is 4.74 Å². The molecular formula is C22H16ClN5O. The van der Waals surface area contributed by atoms with Gasteiger partial charge < -0.3 is 10.1 Å². The van der Waals surface area contributed by atoms with E-state index in [0.717, 1.165) is 38.8 Å². The number of fused-ring (bicyclic) bond motifs is 2. The molecule has 3 aromatic carbocycles. The van der Waals surface area contributed by atoms with Gasteiger partial charge in [-0.15, -0.1) is 0 Å². The number of H-pyrrole nitrogens is 1. The summed E-state index contributed by atoms with van der Waals surface area (Å²) in [7, 11) is 1.64. The van der Waals surface area contributed by atoms with Gasteiger partial charge in [0.1, 0.15) is 11.6 Å². The van der Waals surface area contributed by atoms with E-state index in [1.54, 1.807) is 13.3 Å². The lowest BCUT2D eigenvalue weighted by Crippen LogP contribution is -1.99. The summed E-state index contributed by atoms with van der Waals surface area (Å²) >= 11 is 6.24. The Bertz CT molecular complexity index is 1350. The fraction of sp³-hybridized carbons (Fsp3) is 0.0455. The van der Waals surface area contributed by atoms with Gasteiger partial charge in [0.25, 0.3) is 0 Å². The summed E-state index contributed by atoms with van der Waals surface area (Å²) in [4.78, 5) is 9.52. The maximum absolute atomic E-state index is 6.24. The highest BCUT2D eigenvalue weighted by Crippen LogP contribution is 2.31. The molecule has 0 aliphatic carbocycles. The Morgan fingerprint density at radius 3 is 2.83 bits per heavy atom. The Labute approximate surface area is 171 Å². The van der Waals surface area contributed by atoms with Gasteiger partial charge in [-0.1, -0.05) is 23.7 Å². The van der Waals surface area contributed by atoms with E-state index in [0.29, 0.717) is 16.7 Å². The number of halogens is 1. The molecule has 0 spiro atoms. The molecule has 0 saturated carbocycles. The summed E-state index contributed by atoms with van der Waals surface area (Å²) < 4.78 is 5.34. The molecule has 0 fully saturated rings. The number of hydrogen-bond acceptors (Lipinski definition) is 5. The molecule has 6 nitrogen and oxygen atoms in total. The van der Waals surface area contributed by atoms with Crippen molar-refractivity contribution >= 4 is 44.9 Å². The molecule has 2 aromatic heterocycles. The van der Waals surface area contributed by atoms with Crippen LogP contribution in [0.15, 0.2) is 66.9 Å². The molecule has 5 rings (SSSR count). The van der Waals surface area contributed by atoms with Crippen molar-refractivity contribution in [3.8, 4) is 17.1 Å². The van der Waals surface area contributed by atoms with Crippen LogP contribution >= 0.6 is 11.6 Å². The van der Waals surface area contributed by atoms with Crippen LogP contribution in [0.25, 0.3) is 33.2 Å². The zero-order chi connectivity index (χ0) is 19.8. The first-order chi connectivity index (χ1) is 14.2. The van der Waals surface area contributed by atoms with E-state index >= 15 is 0 Å². The van der Waals surface area contributed by atoms with E-state index in [9.17, 15) is 0 Å². The number of methoxy groups -OCH3 is 1. The van der Waals surface area contributed by atoms with Crippen molar-refractivity contribution in [2.45, 2.75) is 0 Å². The minimum Gasteiger partial charge on any atom is -0.497 e. The van der Waals surface area contributed by atoms with Crippen LogP contribution in [-0.4, -0.2) is 27.3 Å². The Balaban J connectivity index is 1.66. The van der Waals surface area contributed by atoms with E-state index in [1.165, 1.54) is 0 Å². The van der Waals surface area contributed by atoms with Crippen molar-refractivity contribution in [1.82, 2.24) is 20.2 Å². The smallest absolute Gasteiger partial charge is 0.162 e. The first-order valence-electron chi connectivity index (χ1n) is 9.01. The third-order valence-corrected chi connectivity index (χ3v) is 4.92. The van der Waals surface area contributed by atoms with Gasteiger partial charge in [0.05, 0.1) is 24.3 Å². The predicted octanol–water partition coefficient (Wildman–Crippen LogP) is 5.58. The van der Waals surface area contributed by atoms with Crippen LogP contribution < -0.4 is 10.1 Å². The standard InChI is InChI=1S/C22H16ClN5O/c1-29-17-4-2-3-13(10-17)21-26-20-7-5-15(23)11-18(20)22(27-21)25-16-6-8-19-14(9-16)12-24-28-19/h2-12H,1H3,(H,24,28)(H,25,26,27). The third-order valence-electron chi connectivity index (χ3n) is 4.69. The first kappa shape index (κ1) is 17.5. The molecule has 29 heavy (non-hydrogen) atoms. The average Bonchev–Trinajstić information content (AvgIpc) is 3.22. The molecule has 0 unspecified atom stereocenters. The SMILES string of the molecule is COc1cccc(-c2nc(Nc3ccc4[nH]ncc4c3)c3cc(Cl)ccc3n2)c1. The van der Waals surface area contributed by atoms with E-state index < -0.39 is 0 Å². The zero-order valence-electron chi connectivity index (χ0n) is 15.5. The Kier molecular flexibility index (Phi) is 4.26. The lowest BCUT2D eigenvalue weighted by atomic mass is 10.1. The molecule has 0 atom stereocenters. The highest BCUT2D eigenvalue weighted by atomic mass is 35.5. The van der Waals surface area contributed by atoms with Crippen molar-refractivity contribution in [2.24, 2.45) is 0 Å². The molecule has 0 bridgehead atoms. The topological polar surface area (TPSA) is 75.7 Å². The van der Waals surface area contributed by atoms with E-state index in [4.69, 9.17) is 26.3 Å². The fourth-order valence-corrected chi connectivity index (χ4v) is 3.42. The van der Waals surface area contributed by atoms with E-state index in [-0.39, 0.29) is 0 Å². The number of benzene rings is 3. The van der Waals surface area contributed by atoms with Gasteiger partial charge in [-0.25, -0.2) is 9.97 Å².